The van der Waals surface area contributed by atoms with Gasteiger partial charge in [-0.15, -0.1) is 0 Å². The minimum atomic E-state index is -0.469. The zero-order valence-electron chi connectivity index (χ0n) is 9.21. The molecular formula is C11H9BrN4O2. The molecule has 0 aromatic carbocycles. The van der Waals surface area contributed by atoms with Gasteiger partial charge in [-0.1, -0.05) is 6.07 Å². The molecule has 6 nitrogen and oxygen atoms in total. The van der Waals surface area contributed by atoms with Crippen LogP contribution in [0.4, 0.5) is 11.5 Å². The van der Waals surface area contributed by atoms with Gasteiger partial charge < -0.3 is 5.32 Å². The van der Waals surface area contributed by atoms with Gasteiger partial charge in [-0.05, 0) is 27.6 Å². The molecule has 2 heterocycles. The zero-order valence-corrected chi connectivity index (χ0v) is 10.8. The van der Waals surface area contributed by atoms with Crippen molar-refractivity contribution in [3.63, 3.8) is 0 Å². The van der Waals surface area contributed by atoms with Crippen molar-refractivity contribution >= 4 is 27.4 Å². The molecule has 0 saturated carbocycles. The van der Waals surface area contributed by atoms with Crippen molar-refractivity contribution in [2.75, 3.05) is 5.32 Å². The molecule has 1 N–H and O–H groups in total. The number of rotatable bonds is 4. The maximum absolute atomic E-state index is 10.9. The molecule has 0 bridgehead atoms. The molecular weight excluding hydrogens is 300 g/mol. The van der Waals surface area contributed by atoms with Gasteiger partial charge in [0.05, 0.1) is 4.92 Å². The van der Waals surface area contributed by atoms with Crippen LogP contribution >= 0.6 is 15.9 Å². The second-order valence-corrected chi connectivity index (χ2v) is 4.41. The largest absolute Gasteiger partial charge is 0.360 e. The molecule has 18 heavy (non-hydrogen) atoms. The lowest BCUT2D eigenvalue weighted by atomic mass is 10.3. The molecule has 0 radical (unpaired) electrons. The molecule has 2 rings (SSSR count). The van der Waals surface area contributed by atoms with Gasteiger partial charge in [-0.25, -0.2) is 4.98 Å². The van der Waals surface area contributed by atoms with Gasteiger partial charge in [-0.2, -0.15) is 0 Å². The molecule has 2 aromatic heterocycles. The summed E-state index contributed by atoms with van der Waals surface area (Å²) in [6, 6.07) is 5.10. The molecule has 0 saturated heterocycles. The number of hydrogen-bond acceptors (Lipinski definition) is 5. The van der Waals surface area contributed by atoms with Crippen molar-refractivity contribution in [3.8, 4) is 0 Å². The van der Waals surface area contributed by atoms with Crippen LogP contribution in [-0.2, 0) is 6.54 Å². The van der Waals surface area contributed by atoms with Crippen molar-refractivity contribution < 1.29 is 4.92 Å². The van der Waals surface area contributed by atoms with E-state index < -0.39 is 4.92 Å². The molecule has 0 atom stereocenters. The Hall–Kier alpha value is -2.02. The normalized spacial score (nSPS) is 10.1. The van der Waals surface area contributed by atoms with Gasteiger partial charge in [0.2, 0.25) is 5.82 Å². The maximum atomic E-state index is 10.9. The molecule has 0 aliphatic heterocycles. The van der Waals surface area contributed by atoms with Crippen LogP contribution in [0.2, 0.25) is 0 Å². The van der Waals surface area contributed by atoms with Crippen LogP contribution < -0.4 is 5.32 Å². The van der Waals surface area contributed by atoms with Crippen molar-refractivity contribution in [1.82, 2.24) is 9.97 Å². The highest BCUT2D eigenvalue weighted by atomic mass is 79.9. The van der Waals surface area contributed by atoms with E-state index in [1.807, 2.05) is 6.07 Å². The third-order valence-corrected chi connectivity index (χ3v) is 2.65. The smallest absolute Gasteiger partial charge is 0.312 e. The van der Waals surface area contributed by atoms with E-state index in [4.69, 9.17) is 0 Å². The van der Waals surface area contributed by atoms with E-state index in [0.29, 0.717) is 11.0 Å². The maximum Gasteiger partial charge on any atom is 0.312 e. The first kappa shape index (κ1) is 12.4. The Morgan fingerprint density at radius 3 is 2.94 bits per heavy atom. The van der Waals surface area contributed by atoms with Crippen LogP contribution in [0.1, 0.15) is 5.56 Å². The summed E-state index contributed by atoms with van der Waals surface area (Å²) in [5, 5.41) is 13.8. The topological polar surface area (TPSA) is 81.0 Å². The summed E-state index contributed by atoms with van der Waals surface area (Å²) in [4.78, 5) is 18.4. The highest BCUT2D eigenvalue weighted by Gasteiger charge is 2.15. The predicted molar refractivity (Wildman–Crippen MR) is 70.2 cm³/mol. The van der Waals surface area contributed by atoms with Gasteiger partial charge >= 0.3 is 5.69 Å². The summed E-state index contributed by atoms with van der Waals surface area (Å²) in [5.41, 5.74) is 0.866. The van der Waals surface area contributed by atoms with Gasteiger partial charge in [0, 0.05) is 35.7 Å². The standard InChI is InChI=1S/C11H9BrN4O2/c12-9-4-10(16(17)18)11(15-7-9)14-6-8-2-1-3-13-5-8/h1-5,7H,6H2,(H,14,15). The van der Waals surface area contributed by atoms with E-state index in [1.165, 1.54) is 12.3 Å². The van der Waals surface area contributed by atoms with Gasteiger partial charge in [-0.3, -0.25) is 15.1 Å². The Kier molecular flexibility index (Phi) is 3.83. The monoisotopic (exact) mass is 308 g/mol. The van der Waals surface area contributed by atoms with Crippen LogP contribution in [0.25, 0.3) is 0 Å². The fraction of sp³-hybridized carbons (Fsp3) is 0.0909. The van der Waals surface area contributed by atoms with E-state index in [2.05, 4.69) is 31.2 Å². The minimum Gasteiger partial charge on any atom is -0.360 e. The van der Waals surface area contributed by atoms with E-state index >= 15 is 0 Å². The second-order valence-electron chi connectivity index (χ2n) is 3.49. The molecule has 0 amide bonds. The van der Waals surface area contributed by atoms with E-state index in [1.54, 1.807) is 18.5 Å². The highest BCUT2D eigenvalue weighted by Crippen LogP contribution is 2.25. The lowest BCUT2D eigenvalue weighted by Gasteiger charge is -2.06. The molecule has 0 unspecified atom stereocenters. The number of nitrogens with zero attached hydrogens (tertiary/aromatic N) is 3. The lowest BCUT2D eigenvalue weighted by Crippen LogP contribution is -2.04. The minimum absolute atomic E-state index is 0.0618. The summed E-state index contributed by atoms with van der Waals surface area (Å²) in [7, 11) is 0. The van der Waals surface area contributed by atoms with E-state index in [0.717, 1.165) is 5.56 Å². The van der Waals surface area contributed by atoms with Gasteiger partial charge in [0.15, 0.2) is 0 Å². The van der Waals surface area contributed by atoms with Crippen molar-refractivity contribution in [1.29, 1.82) is 0 Å². The van der Waals surface area contributed by atoms with Crippen molar-refractivity contribution in [2.45, 2.75) is 6.54 Å². The molecule has 2 aromatic rings. The third kappa shape index (κ3) is 3.01. The Bertz CT molecular complexity index is 562. The first-order valence-corrected chi connectivity index (χ1v) is 5.89. The zero-order chi connectivity index (χ0) is 13.0. The molecule has 0 aliphatic rings. The number of aromatic nitrogens is 2. The average Bonchev–Trinajstić information content (AvgIpc) is 2.38. The Labute approximate surface area is 111 Å². The third-order valence-electron chi connectivity index (χ3n) is 2.21. The summed E-state index contributed by atoms with van der Waals surface area (Å²) in [6.07, 6.45) is 4.88. The quantitative estimate of drug-likeness (QED) is 0.694. The second kappa shape index (κ2) is 5.54. The van der Waals surface area contributed by atoms with Crippen molar-refractivity contribution in [3.05, 3.63) is 56.9 Å². The summed E-state index contributed by atoms with van der Waals surface area (Å²) in [6.45, 7) is 0.434. The molecule has 92 valence electrons. The van der Waals surface area contributed by atoms with Crippen LogP contribution in [0.15, 0.2) is 41.3 Å². The molecule has 0 fully saturated rings. The fourth-order valence-corrected chi connectivity index (χ4v) is 1.71. The fourth-order valence-electron chi connectivity index (χ4n) is 1.39. The number of pyridine rings is 2. The SMILES string of the molecule is O=[N+]([O-])c1cc(Br)cnc1NCc1cccnc1. The summed E-state index contributed by atoms with van der Waals surface area (Å²) in [5.74, 6) is 0.243. The first-order chi connectivity index (χ1) is 8.66. The Morgan fingerprint density at radius 1 is 1.44 bits per heavy atom. The number of hydrogen-bond donors (Lipinski definition) is 1. The number of halogens is 1. The summed E-state index contributed by atoms with van der Waals surface area (Å²) >= 11 is 3.16. The lowest BCUT2D eigenvalue weighted by molar-refractivity contribution is -0.384. The van der Waals surface area contributed by atoms with Gasteiger partial charge in [0.1, 0.15) is 0 Å². The van der Waals surface area contributed by atoms with Crippen molar-refractivity contribution in [2.24, 2.45) is 0 Å². The Morgan fingerprint density at radius 2 is 2.28 bits per heavy atom. The van der Waals surface area contributed by atoms with Crippen LogP contribution in [0, 0.1) is 10.1 Å². The Balaban J connectivity index is 2.17. The highest BCUT2D eigenvalue weighted by molar-refractivity contribution is 9.10. The average molecular weight is 309 g/mol. The molecule has 7 heteroatoms. The van der Waals surface area contributed by atoms with Crippen LogP contribution in [0.5, 0.6) is 0 Å². The van der Waals surface area contributed by atoms with Crippen LogP contribution in [-0.4, -0.2) is 14.9 Å². The van der Waals surface area contributed by atoms with E-state index in [9.17, 15) is 10.1 Å². The van der Waals surface area contributed by atoms with Gasteiger partial charge in [0.25, 0.3) is 0 Å². The first-order valence-electron chi connectivity index (χ1n) is 5.09. The number of anilines is 1. The number of nitro groups is 1. The summed E-state index contributed by atoms with van der Waals surface area (Å²) < 4.78 is 0.570. The van der Waals surface area contributed by atoms with Crippen LogP contribution in [0.3, 0.4) is 0 Å². The molecule has 0 aliphatic carbocycles. The predicted octanol–water partition coefficient (Wildman–Crippen LogP) is 2.76. The number of nitrogens with one attached hydrogen (secondary N) is 1. The molecule has 0 spiro atoms. The van der Waals surface area contributed by atoms with E-state index in [-0.39, 0.29) is 11.5 Å².